The number of para-hydroxylation sites is 1. The highest BCUT2D eigenvalue weighted by Crippen LogP contribution is 2.28. The van der Waals surface area contributed by atoms with Gasteiger partial charge in [0.05, 0.1) is 17.2 Å². The first-order valence-corrected chi connectivity index (χ1v) is 12.9. The Hall–Kier alpha value is -2.13. The van der Waals surface area contributed by atoms with Gasteiger partial charge in [-0.15, -0.1) is 0 Å². The third kappa shape index (κ3) is 6.47. The van der Waals surface area contributed by atoms with Gasteiger partial charge in [-0.3, -0.25) is 4.79 Å². The van der Waals surface area contributed by atoms with E-state index in [1.807, 2.05) is 44.2 Å². The Bertz CT molecular complexity index is 1050. The minimum Gasteiger partial charge on any atom is -0.380 e. The van der Waals surface area contributed by atoms with Gasteiger partial charge in [0, 0.05) is 36.9 Å². The van der Waals surface area contributed by atoms with Crippen LogP contribution in [-0.4, -0.2) is 56.5 Å². The molecule has 3 rings (SSSR count). The number of rotatable bonds is 8. The van der Waals surface area contributed by atoms with Crippen LogP contribution in [0.15, 0.2) is 53.4 Å². The number of nitrogens with zero attached hydrogens (tertiary/aromatic N) is 1. The fourth-order valence-corrected chi connectivity index (χ4v) is 5.91. The number of morpholine rings is 1. The van der Waals surface area contributed by atoms with E-state index < -0.39 is 10.0 Å². The number of halogens is 1. The van der Waals surface area contributed by atoms with Crippen molar-refractivity contribution in [2.75, 3.05) is 25.0 Å². The van der Waals surface area contributed by atoms with Crippen LogP contribution in [0.2, 0.25) is 5.02 Å². The first-order chi connectivity index (χ1) is 15.6. The molecule has 33 heavy (non-hydrogen) atoms. The fourth-order valence-electron chi connectivity index (χ4n) is 3.81. The predicted molar refractivity (Wildman–Crippen MR) is 131 cm³/mol. The molecule has 1 fully saturated rings. The van der Waals surface area contributed by atoms with Crippen LogP contribution in [0.5, 0.6) is 0 Å². The summed E-state index contributed by atoms with van der Waals surface area (Å²) in [6.45, 7) is 8.67. The monoisotopic (exact) mass is 493 g/mol. The van der Waals surface area contributed by atoms with Crippen LogP contribution in [0.3, 0.4) is 0 Å². The molecule has 0 aliphatic carbocycles. The Morgan fingerprint density at radius 3 is 2.36 bits per heavy atom. The molecule has 3 atom stereocenters. The van der Waals surface area contributed by atoms with Gasteiger partial charge in [0.25, 0.3) is 5.91 Å². The molecule has 180 valence electrons. The minimum atomic E-state index is -3.87. The summed E-state index contributed by atoms with van der Waals surface area (Å²) in [5, 5.41) is 6.44. The van der Waals surface area contributed by atoms with E-state index in [1.165, 1.54) is 22.5 Å². The topological polar surface area (TPSA) is 87.7 Å². The second-order valence-corrected chi connectivity index (χ2v) is 11.1. The Kier molecular flexibility index (Phi) is 8.39. The molecule has 0 spiro atoms. The Balaban J connectivity index is 1.74. The fraction of sp³-hybridized carbons (Fsp3) is 0.458. The zero-order valence-electron chi connectivity index (χ0n) is 19.4. The van der Waals surface area contributed by atoms with E-state index in [9.17, 15) is 13.2 Å². The van der Waals surface area contributed by atoms with Gasteiger partial charge in [-0.1, -0.05) is 43.6 Å². The summed E-state index contributed by atoms with van der Waals surface area (Å²) in [5.74, 6) is -0.0932. The number of amides is 1. The summed E-state index contributed by atoms with van der Waals surface area (Å²) in [6.07, 6.45) is -0.447. The summed E-state index contributed by atoms with van der Waals surface area (Å²) < 4.78 is 33.6. The average Bonchev–Trinajstić information content (AvgIpc) is 2.76. The zero-order chi connectivity index (χ0) is 24.2. The van der Waals surface area contributed by atoms with Gasteiger partial charge in [-0.25, -0.2) is 8.42 Å². The van der Waals surface area contributed by atoms with Gasteiger partial charge in [-0.05, 0) is 50.1 Å². The number of hydrogen-bond donors (Lipinski definition) is 2. The summed E-state index contributed by atoms with van der Waals surface area (Å²) in [7, 11) is -3.87. The lowest BCUT2D eigenvalue weighted by Crippen LogP contribution is -2.48. The van der Waals surface area contributed by atoms with Crippen molar-refractivity contribution in [1.29, 1.82) is 0 Å². The lowest BCUT2D eigenvalue weighted by atomic mass is 10.0. The summed E-state index contributed by atoms with van der Waals surface area (Å²) in [6, 6.07) is 14.1. The molecular formula is C24H32ClN3O4S. The molecule has 1 heterocycles. The second-order valence-electron chi connectivity index (χ2n) is 8.80. The number of nitrogens with one attached hydrogen (secondary N) is 2. The second kappa shape index (κ2) is 10.9. The van der Waals surface area contributed by atoms with Crippen molar-refractivity contribution in [3.63, 3.8) is 0 Å². The quantitative estimate of drug-likeness (QED) is 0.580. The van der Waals surface area contributed by atoms with Gasteiger partial charge < -0.3 is 15.4 Å². The Labute approximate surface area is 201 Å². The number of sulfonamides is 1. The predicted octanol–water partition coefficient (Wildman–Crippen LogP) is 4.00. The maximum Gasteiger partial charge on any atom is 0.251 e. The van der Waals surface area contributed by atoms with E-state index in [2.05, 4.69) is 24.5 Å². The lowest BCUT2D eigenvalue weighted by molar-refractivity contribution is -0.0440. The number of carbonyl (C=O) groups excluding carboxylic acids is 1. The number of hydrogen-bond acceptors (Lipinski definition) is 5. The molecule has 1 aliphatic rings. The maximum absolute atomic E-state index is 13.3. The molecule has 1 amide bonds. The SMILES string of the molecule is CC1CN(S(=O)(=O)c2cc(C(=O)NCC(Nc3ccccc3)C(C)C)ccc2Cl)CC(C)O1. The Morgan fingerprint density at radius 1 is 1.12 bits per heavy atom. The van der Waals surface area contributed by atoms with E-state index in [0.717, 1.165) is 5.69 Å². The molecular weight excluding hydrogens is 462 g/mol. The van der Waals surface area contributed by atoms with E-state index >= 15 is 0 Å². The number of carbonyl (C=O) groups is 1. The van der Waals surface area contributed by atoms with Crippen LogP contribution in [0.1, 0.15) is 38.1 Å². The van der Waals surface area contributed by atoms with Crippen molar-refractivity contribution in [1.82, 2.24) is 9.62 Å². The molecule has 2 aromatic carbocycles. The first-order valence-electron chi connectivity index (χ1n) is 11.1. The van der Waals surface area contributed by atoms with Crippen molar-refractivity contribution in [2.45, 2.75) is 50.8 Å². The molecule has 2 N–H and O–H groups in total. The third-order valence-corrected chi connectivity index (χ3v) is 7.92. The molecule has 1 aliphatic heterocycles. The van der Waals surface area contributed by atoms with Crippen molar-refractivity contribution in [3.8, 4) is 0 Å². The van der Waals surface area contributed by atoms with Gasteiger partial charge in [0.1, 0.15) is 4.90 Å². The van der Waals surface area contributed by atoms with Crippen LogP contribution < -0.4 is 10.6 Å². The van der Waals surface area contributed by atoms with Crippen molar-refractivity contribution >= 4 is 33.2 Å². The van der Waals surface area contributed by atoms with Crippen molar-refractivity contribution < 1.29 is 17.9 Å². The normalized spacial score (nSPS) is 20.4. The molecule has 7 nitrogen and oxygen atoms in total. The number of ether oxygens (including phenoxy) is 1. The molecule has 3 unspecified atom stereocenters. The highest BCUT2D eigenvalue weighted by molar-refractivity contribution is 7.89. The third-order valence-electron chi connectivity index (χ3n) is 5.61. The zero-order valence-corrected chi connectivity index (χ0v) is 21.0. The van der Waals surface area contributed by atoms with Crippen LogP contribution in [0.4, 0.5) is 5.69 Å². The van der Waals surface area contributed by atoms with Crippen LogP contribution in [0.25, 0.3) is 0 Å². The van der Waals surface area contributed by atoms with Crippen molar-refractivity contribution in [3.05, 3.63) is 59.1 Å². The maximum atomic E-state index is 13.3. The molecule has 0 aromatic heterocycles. The average molecular weight is 494 g/mol. The van der Waals surface area contributed by atoms with E-state index in [-0.39, 0.29) is 58.6 Å². The van der Waals surface area contributed by atoms with Crippen LogP contribution in [-0.2, 0) is 14.8 Å². The van der Waals surface area contributed by atoms with E-state index in [1.54, 1.807) is 0 Å². The minimum absolute atomic E-state index is 0.00294. The standard InChI is InChI=1S/C24H32ClN3O4S/c1-16(2)22(27-20-8-6-5-7-9-20)13-26-24(29)19-10-11-21(25)23(12-19)33(30,31)28-14-17(3)32-18(4)15-28/h5-12,16-18,22,27H,13-15H2,1-4H3,(H,26,29). The summed E-state index contributed by atoms with van der Waals surface area (Å²) in [5.41, 5.74) is 1.22. The van der Waals surface area contributed by atoms with Gasteiger partial charge >= 0.3 is 0 Å². The highest BCUT2D eigenvalue weighted by Gasteiger charge is 2.34. The molecule has 9 heteroatoms. The van der Waals surface area contributed by atoms with Gasteiger partial charge in [0.15, 0.2) is 0 Å². The van der Waals surface area contributed by atoms with Gasteiger partial charge in [0.2, 0.25) is 10.0 Å². The van der Waals surface area contributed by atoms with E-state index in [0.29, 0.717) is 6.54 Å². The molecule has 0 saturated carbocycles. The molecule has 0 radical (unpaired) electrons. The smallest absolute Gasteiger partial charge is 0.251 e. The van der Waals surface area contributed by atoms with Gasteiger partial charge in [-0.2, -0.15) is 4.31 Å². The number of anilines is 1. The molecule has 1 saturated heterocycles. The lowest BCUT2D eigenvalue weighted by Gasteiger charge is -2.34. The summed E-state index contributed by atoms with van der Waals surface area (Å²) in [4.78, 5) is 12.8. The van der Waals surface area contributed by atoms with E-state index in [4.69, 9.17) is 16.3 Å². The molecule has 2 aromatic rings. The largest absolute Gasteiger partial charge is 0.380 e. The summed E-state index contributed by atoms with van der Waals surface area (Å²) >= 11 is 6.26. The van der Waals surface area contributed by atoms with Crippen molar-refractivity contribution in [2.24, 2.45) is 5.92 Å². The number of benzene rings is 2. The highest BCUT2D eigenvalue weighted by atomic mass is 35.5. The van der Waals surface area contributed by atoms with Crippen LogP contribution in [0, 0.1) is 5.92 Å². The van der Waals surface area contributed by atoms with Crippen LogP contribution >= 0.6 is 11.6 Å². The Morgan fingerprint density at radius 2 is 1.76 bits per heavy atom. The molecule has 0 bridgehead atoms. The first kappa shape index (κ1) is 25.5.